The molecule has 86 valence electrons. The summed E-state index contributed by atoms with van der Waals surface area (Å²) in [6, 6.07) is 0.469. The van der Waals surface area contributed by atoms with Gasteiger partial charge < -0.3 is 9.80 Å². The van der Waals surface area contributed by atoms with Gasteiger partial charge in [0.25, 0.3) is 0 Å². The van der Waals surface area contributed by atoms with E-state index in [9.17, 15) is 4.79 Å². The molecule has 0 radical (unpaired) electrons. The molecular formula is C12H22N2O. The van der Waals surface area contributed by atoms with Gasteiger partial charge in [-0.15, -0.1) is 0 Å². The molecule has 15 heavy (non-hydrogen) atoms. The van der Waals surface area contributed by atoms with Gasteiger partial charge in [-0.3, -0.25) is 4.79 Å². The first-order chi connectivity index (χ1) is 7.10. The Labute approximate surface area is 92.7 Å². The lowest BCUT2D eigenvalue weighted by Gasteiger charge is -2.27. The van der Waals surface area contributed by atoms with Crippen molar-refractivity contribution in [2.24, 2.45) is 0 Å². The van der Waals surface area contributed by atoms with Gasteiger partial charge in [-0.25, -0.2) is 0 Å². The Balaban J connectivity index is 2.53. The van der Waals surface area contributed by atoms with E-state index in [0.717, 1.165) is 31.6 Å². The first kappa shape index (κ1) is 12.1. The van der Waals surface area contributed by atoms with Gasteiger partial charge in [0.15, 0.2) is 0 Å². The summed E-state index contributed by atoms with van der Waals surface area (Å²) < 4.78 is 0. The fraction of sp³-hybridized carbons (Fsp3) is 0.750. The minimum atomic E-state index is 0.218. The molecule has 1 fully saturated rings. The summed E-state index contributed by atoms with van der Waals surface area (Å²) in [4.78, 5) is 15.9. The minimum absolute atomic E-state index is 0.218. The van der Waals surface area contributed by atoms with Crippen molar-refractivity contribution in [3.63, 3.8) is 0 Å². The number of nitrogens with zero attached hydrogens (tertiary/aromatic N) is 2. The number of rotatable bonds is 4. The predicted molar refractivity (Wildman–Crippen MR) is 62.5 cm³/mol. The molecule has 3 nitrogen and oxygen atoms in total. The molecule has 1 saturated heterocycles. The van der Waals surface area contributed by atoms with E-state index in [0.29, 0.717) is 12.6 Å². The second kappa shape index (κ2) is 5.19. The van der Waals surface area contributed by atoms with Crippen LogP contribution in [-0.4, -0.2) is 41.4 Å². The van der Waals surface area contributed by atoms with Crippen molar-refractivity contribution in [2.75, 3.05) is 19.6 Å². The van der Waals surface area contributed by atoms with Crippen LogP contribution in [0.2, 0.25) is 0 Å². The second-order valence-corrected chi connectivity index (χ2v) is 4.15. The third-order valence-corrected chi connectivity index (χ3v) is 3.21. The Hall–Kier alpha value is -0.990. The summed E-state index contributed by atoms with van der Waals surface area (Å²) in [5, 5.41) is 0. The van der Waals surface area contributed by atoms with Crippen molar-refractivity contribution in [2.45, 2.75) is 39.7 Å². The number of hydrogen-bond donors (Lipinski definition) is 0. The van der Waals surface area contributed by atoms with Gasteiger partial charge in [-0.1, -0.05) is 6.58 Å². The van der Waals surface area contributed by atoms with Crippen LogP contribution in [0, 0.1) is 0 Å². The Bertz CT molecular complexity index is 246. The van der Waals surface area contributed by atoms with Crippen LogP contribution in [0.3, 0.4) is 0 Å². The van der Waals surface area contributed by atoms with Crippen molar-refractivity contribution in [3.8, 4) is 0 Å². The highest BCUT2D eigenvalue weighted by atomic mass is 16.2. The molecule has 1 aliphatic rings. The quantitative estimate of drug-likeness (QED) is 0.707. The summed E-state index contributed by atoms with van der Waals surface area (Å²) in [5.41, 5.74) is 1.11. The van der Waals surface area contributed by atoms with Crippen LogP contribution in [0.1, 0.15) is 33.6 Å². The van der Waals surface area contributed by atoms with E-state index in [1.165, 1.54) is 0 Å². The molecule has 1 rings (SSSR count). The van der Waals surface area contributed by atoms with Crippen LogP contribution < -0.4 is 0 Å². The zero-order valence-electron chi connectivity index (χ0n) is 10.1. The van der Waals surface area contributed by atoms with Gasteiger partial charge in [0.2, 0.25) is 5.91 Å². The van der Waals surface area contributed by atoms with Gasteiger partial charge in [-0.2, -0.15) is 0 Å². The summed E-state index contributed by atoms with van der Waals surface area (Å²) in [6.07, 6.45) is 2.16. The molecule has 0 aromatic heterocycles. The van der Waals surface area contributed by atoms with Crippen LogP contribution in [0.15, 0.2) is 12.3 Å². The molecule has 0 aromatic rings. The maximum atomic E-state index is 11.9. The zero-order chi connectivity index (χ0) is 11.4. The van der Waals surface area contributed by atoms with Crippen LogP contribution in [0.5, 0.6) is 0 Å². The number of allylic oxidation sites excluding steroid dienone is 1. The van der Waals surface area contributed by atoms with Crippen molar-refractivity contribution >= 4 is 5.91 Å². The van der Waals surface area contributed by atoms with Gasteiger partial charge in [0.1, 0.15) is 0 Å². The first-order valence-electron chi connectivity index (χ1n) is 5.82. The van der Waals surface area contributed by atoms with E-state index >= 15 is 0 Å². The molecule has 1 atom stereocenters. The third kappa shape index (κ3) is 2.74. The molecule has 1 amide bonds. The normalized spacial score (nSPS) is 20.9. The van der Waals surface area contributed by atoms with Gasteiger partial charge in [0.05, 0.1) is 6.54 Å². The Morgan fingerprint density at radius 1 is 1.53 bits per heavy atom. The van der Waals surface area contributed by atoms with E-state index < -0.39 is 0 Å². The summed E-state index contributed by atoms with van der Waals surface area (Å²) in [5.74, 6) is 0.218. The molecular weight excluding hydrogens is 188 g/mol. The highest BCUT2D eigenvalue weighted by Gasteiger charge is 2.25. The number of carbonyl (C=O) groups excluding carboxylic acids is 1. The van der Waals surface area contributed by atoms with Crippen LogP contribution in [0.4, 0.5) is 0 Å². The lowest BCUT2D eigenvalue weighted by Crippen LogP contribution is -2.40. The predicted octanol–water partition coefficient (Wildman–Crippen LogP) is 1.85. The average Bonchev–Trinajstić information content (AvgIpc) is 2.51. The summed E-state index contributed by atoms with van der Waals surface area (Å²) in [6.45, 7) is 12.3. The average molecular weight is 210 g/mol. The third-order valence-electron chi connectivity index (χ3n) is 3.21. The number of amides is 1. The molecule has 0 aromatic carbocycles. The van der Waals surface area contributed by atoms with Crippen molar-refractivity contribution < 1.29 is 4.79 Å². The molecule has 3 heteroatoms. The number of likely N-dealkylation sites (tertiary alicyclic amines) is 1. The van der Waals surface area contributed by atoms with Crippen LogP contribution in [-0.2, 0) is 4.79 Å². The minimum Gasteiger partial charge on any atom is -0.363 e. The van der Waals surface area contributed by atoms with Crippen LogP contribution in [0.25, 0.3) is 0 Å². The van der Waals surface area contributed by atoms with Gasteiger partial charge >= 0.3 is 0 Å². The van der Waals surface area contributed by atoms with E-state index in [1.54, 1.807) is 0 Å². The van der Waals surface area contributed by atoms with E-state index in [1.807, 2.05) is 18.7 Å². The SMILES string of the molecule is C=C1CCC(C)N1CC(=O)N(CC)CC. The van der Waals surface area contributed by atoms with E-state index in [-0.39, 0.29) is 5.91 Å². The van der Waals surface area contributed by atoms with E-state index in [4.69, 9.17) is 0 Å². The number of likely N-dealkylation sites (N-methyl/N-ethyl adjacent to an activating group) is 1. The molecule has 1 aliphatic heterocycles. The first-order valence-corrected chi connectivity index (χ1v) is 5.82. The monoisotopic (exact) mass is 210 g/mol. The standard InChI is InChI=1S/C12H22N2O/c1-5-13(6-2)12(15)9-14-10(3)7-8-11(14)4/h11H,3,5-9H2,1-2,4H3. The van der Waals surface area contributed by atoms with Crippen LogP contribution >= 0.6 is 0 Å². The topological polar surface area (TPSA) is 23.6 Å². The summed E-state index contributed by atoms with van der Waals surface area (Å²) in [7, 11) is 0. The lowest BCUT2D eigenvalue weighted by molar-refractivity contribution is -0.131. The Morgan fingerprint density at radius 2 is 2.13 bits per heavy atom. The zero-order valence-corrected chi connectivity index (χ0v) is 10.1. The van der Waals surface area contributed by atoms with Gasteiger partial charge in [-0.05, 0) is 33.6 Å². The molecule has 1 heterocycles. The Morgan fingerprint density at radius 3 is 2.53 bits per heavy atom. The maximum Gasteiger partial charge on any atom is 0.242 e. The molecule has 0 bridgehead atoms. The van der Waals surface area contributed by atoms with Crippen molar-refractivity contribution in [1.82, 2.24) is 9.80 Å². The van der Waals surface area contributed by atoms with E-state index in [2.05, 4.69) is 18.4 Å². The van der Waals surface area contributed by atoms with Crippen molar-refractivity contribution in [3.05, 3.63) is 12.3 Å². The molecule has 0 N–H and O–H groups in total. The molecule has 0 spiro atoms. The highest BCUT2D eigenvalue weighted by molar-refractivity contribution is 5.78. The maximum absolute atomic E-state index is 11.9. The van der Waals surface area contributed by atoms with Gasteiger partial charge in [0, 0.05) is 24.8 Å². The second-order valence-electron chi connectivity index (χ2n) is 4.15. The largest absolute Gasteiger partial charge is 0.363 e. The number of carbonyl (C=O) groups is 1. The van der Waals surface area contributed by atoms with Crippen molar-refractivity contribution in [1.29, 1.82) is 0 Å². The smallest absolute Gasteiger partial charge is 0.242 e. The Kier molecular flexibility index (Phi) is 4.18. The molecule has 0 aliphatic carbocycles. The number of hydrogen-bond acceptors (Lipinski definition) is 2. The lowest BCUT2D eigenvalue weighted by atomic mass is 10.2. The molecule has 1 unspecified atom stereocenters. The highest BCUT2D eigenvalue weighted by Crippen LogP contribution is 2.25. The fourth-order valence-electron chi connectivity index (χ4n) is 2.08. The summed E-state index contributed by atoms with van der Waals surface area (Å²) >= 11 is 0. The fourth-order valence-corrected chi connectivity index (χ4v) is 2.08. The molecule has 0 saturated carbocycles.